The van der Waals surface area contributed by atoms with E-state index in [-0.39, 0.29) is 11.7 Å². The van der Waals surface area contributed by atoms with Crippen LogP contribution in [0, 0.1) is 5.82 Å². The van der Waals surface area contributed by atoms with Crippen LogP contribution in [0.5, 0.6) is 5.75 Å². The first-order valence-corrected chi connectivity index (χ1v) is 6.86. The largest absolute Gasteiger partial charge is 0.480 e. The summed E-state index contributed by atoms with van der Waals surface area (Å²) in [6.45, 7) is 4.16. The molecule has 0 saturated heterocycles. The standard InChI is InChI=1S/C15H22FNO4/c1-10(18)13-6-5-12(16)9-14(13)21-11(2)15(19)17-7-4-8-20-3/h5-6,9-11,18H,4,7-8H2,1-3H3,(H,17,19)/t10-,11?/m1/s1. The van der Waals surface area contributed by atoms with E-state index in [0.29, 0.717) is 25.1 Å². The Kier molecular flexibility index (Phi) is 7.11. The van der Waals surface area contributed by atoms with Crippen LogP contribution in [0.1, 0.15) is 31.9 Å². The third kappa shape index (κ3) is 5.69. The third-order valence-corrected chi connectivity index (χ3v) is 2.92. The summed E-state index contributed by atoms with van der Waals surface area (Å²) in [4.78, 5) is 11.8. The van der Waals surface area contributed by atoms with Gasteiger partial charge in [-0.15, -0.1) is 0 Å². The maximum absolute atomic E-state index is 13.3. The molecule has 0 spiro atoms. The highest BCUT2D eigenvalue weighted by Crippen LogP contribution is 2.26. The van der Waals surface area contributed by atoms with Gasteiger partial charge in [-0.05, 0) is 32.4 Å². The molecule has 1 amide bonds. The predicted octanol–water partition coefficient (Wildman–Crippen LogP) is 1.80. The van der Waals surface area contributed by atoms with Gasteiger partial charge < -0.3 is 19.9 Å². The SMILES string of the molecule is COCCCNC(=O)C(C)Oc1cc(F)ccc1[C@@H](C)O. The van der Waals surface area contributed by atoms with Gasteiger partial charge in [0.2, 0.25) is 0 Å². The number of aliphatic hydroxyl groups excluding tert-OH is 1. The van der Waals surface area contributed by atoms with Gasteiger partial charge in [0.1, 0.15) is 11.6 Å². The Morgan fingerprint density at radius 1 is 1.43 bits per heavy atom. The van der Waals surface area contributed by atoms with Gasteiger partial charge in [-0.2, -0.15) is 0 Å². The Bertz CT molecular complexity index is 465. The lowest BCUT2D eigenvalue weighted by atomic mass is 10.1. The van der Waals surface area contributed by atoms with Crippen LogP contribution in [-0.2, 0) is 9.53 Å². The van der Waals surface area contributed by atoms with Crippen molar-refractivity contribution in [2.45, 2.75) is 32.5 Å². The van der Waals surface area contributed by atoms with Gasteiger partial charge in [0.25, 0.3) is 5.91 Å². The minimum atomic E-state index is -0.808. The summed E-state index contributed by atoms with van der Waals surface area (Å²) in [6, 6.07) is 3.85. The summed E-state index contributed by atoms with van der Waals surface area (Å²) in [7, 11) is 1.59. The number of amides is 1. The van der Waals surface area contributed by atoms with Crippen molar-refractivity contribution < 1.29 is 23.8 Å². The number of methoxy groups -OCH3 is 1. The highest BCUT2D eigenvalue weighted by atomic mass is 19.1. The summed E-state index contributed by atoms with van der Waals surface area (Å²) in [5, 5.41) is 12.3. The van der Waals surface area contributed by atoms with Gasteiger partial charge in [0, 0.05) is 31.9 Å². The van der Waals surface area contributed by atoms with E-state index in [4.69, 9.17) is 9.47 Å². The normalized spacial score (nSPS) is 13.6. The van der Waals surface area contributed by atoms with Gasteiger partial charge in [0.15, 0.2) is 6.10 Å². The van der Waals surface area contributed by atoms with E-state index in [1.165, 1.54) is 12.1 Å². The smallest absolute Gasteiger partial charge is 0.260 e. The average Bonchev–Trinajstić information content (AvgIpc) is 2.43. The first-order valence-electron chi connectivity index (χ1n) is 6.86. The first kappa shape index (κ1) is 17.4. The Hall–Kier alpha value is -1.66. The molecule has 1 aromatic rings. The summed E-state index contributed by atoms with van der Waals surface area (Å²) >= 11 is 0. The number of hydrogen-bond acceptors (Lipinski definition) is 4. The Morgan fingerprint density at radius 2 is 2.14 bits per heavy atom. The van der Waals surface area contributed by atoms with Gasteiger partial charge >= 0.3 is 0 Å². The number of ether oxygens (including phenoxy) is 2. The van der Waals surface area contributed by atoms with Gasteiger partial charge in [-0.1, -0.05) is 0 Å². The molecule has 0 aliphatic heterocycles. The van der Waals surface area contributed by atoms with Gasteiger partial charge in [-0.3, -0.25) is 4.79 Å². The van der Waals surface area contributed by atoms with Crippen LogP contribution in [0.3, 0.4) is 0 Å². The van der Waals surface area contributed by atoms with Crippen molar-refractivity contribution in [2.24, 2.45) is 0 Å². The second kappa shape index (κ2) is 8.59. The first-order chi connectivity index (χ1) is 9.95. The molecule has 0 heterocycles. The van der Waals surface area contributed by atoms with Crippen molar-refractivity contribution in [2.75, 3.05) is 20.3 Å². The number of carbonyl (C=O) groups is 1. The average molecular weight is 299 g/mol. The maximum atomic E-state index is 13.3. The molecule has 1 unspecified atom stereocenters. The monoisotopic (exact) mass is 299 g/mol. The van der Waals surface area contributed by atoms with E-state index in [1.54, 1.807) is 21.0 Å². The summed E-state index contributed by atoms with van der Waals surface area (Å²) in [5.41, 5.74) is 0.440. The number of carbonyl (C=O) groups excluding carboxylic acids is 1. The molecule has 0 radical (unpaired) electrons. The molecule has 0 fully saturated rings. The fourth-order valence-corrected chi connectivity index (χ4v) is 1.77. The molecule has 0 aliphatic carbocycles. The molecule has 0 bridgehead atoms. The van der Waals surface area contributed by atoms with Crippen molar-refractivity contribution in [3.05, 3.63) is 29.6 Å². The molecule has 21 heavy (non-hydrogen) atoms. The van der Waals surface area contributed by atoms with E-state index in [0.717, 1.165) is 6.07 Å². The number of benzene rings is 1. The molecular weight excluding hydrogens is 277 g/mol. The van der Waals surface area contributed by atoms with E-state index < -0.39 is 18.0 Å². The van der Waals surface area contributed by atoms with Crippen LogP contribution in [0.15, 0.2) is 18.2 Å². The summed E-state index contributed by atoms with van der Waals surface area (Å²) in [6.07, 6.45) is -0.891. The number of hydrogen-bond donors (Lipinski definition) is 2. The van der Waals surface area contributed by atoms with E-state index in [9.17, 15) is 14.3 Å². The van der Waals surface area contributed by atoms with Crippen LogP contribution >= 0.6 is 0 Å². The number of rotatable bonds is 8. The van der Waals surface area contributed by atoms with Crippen molar-refractivity contribution in [3.63, 3.8) is 0 Å². The Labute approximate surface area is 124 Å². The minimum Gasteiger partial charge on any atom is -0.480 e. The topological polar surface area (TPSA) is 67.8 Å². The second-order valence-corrected chi connectivity index (χ2v) is 4.76. The van der Waals surface area contributed by atoms with E-state index in [2.05, 4.69) is 5.32 Å². The van der Waals surface area contributed by atoms with Gasteiger partial charge in [-0.25, -0.2) is 4.39 Å². The molecule has 5 nitrogen and oxygen atoms in total. The zero-order valence-corrected chi connectivity index (χ0v) is 12.6. The second-order valence-electron chi connectivity index (χ2n) is 4.76. The fraction of sp³-hybridized carbons (Fsp3) is 0.533. The fourth-order valence-electron chi connectivity index (χ4n) is 1.77. The van der Waals surface area contributed by atoms with Crippen molar-refractivity contribution >= 4 is 5.91 Å². The van der Waals surface area contributed by atoms with Crippen LogP contribution in [0.4, 0.5) is 4.39 Å². The Balaban J connectivity index is 2.63. The van der Waals surface area contributed by atoms with Crippen LogP contribution in [0.25, 0.3) is 0 Å². The van der Waals surface area contributed by atoms with Crippen LogP contribution in [-0.4, -0.2) is 37.4 Å². The third-order valence-electron chi connectivity index (χ3n) is 2.92. The lowest BCUT2D eigenvalue weighted by molar-refractivity contribution is -0.127. The molecule has 0 saturated carbocycles. The van der Waals surface area contributed by atoms with Crippen molar-refractivity contribution in [1.29, 1.82) is 0 Å². The van der Waals surface area contributed by atoms with E-state index >= 15 is 0 Å². The van der Waals surface area contributed by atoms with Gasteiger partial charge in [0.05, 0.1) is 6.10 Å². The van der Waals surface area contributed by atoms with Crippen molar-refractivity contribution in [3.8, 4) is 5.75 Å². The number of aliphatic hydroxyl groups is 1. The Morgan fingerprint density at radius 3 is 2.76 bits per heavy atom. The summed E-state index contributed by atoms with van der Waals surface area (Å²) < 4.78 is 23.6. The van der Waals surface area contributed by atoms with Crippen LogP contribution in [0.2, 0.25) is 0 Å². The van der Waals surface area contributed by atoms with Crippen LogP contribution < -0.4 is 10.1 Å². The molecule has 0 aromatic heterocycles. The lowest BCUT2D eigenvalue weighted by Gasteiger charge is -2.18. The molecule has 118 valence electrons. The minimum absolute atomic E-state index is 0.171. The molecule has 1 aromatic carbocycles. The van der Waals surface area contributed by atoms with Crippen molar-refractivity contribution in [1.82, 2.24) is 5.32 Å². The molecule has 1 rings (SSSR count). The highest BCUT2D eigenvalue weighted by molar-refractivity contribution is 5.80. The molecule has 2 atom stereocenters. The highest BCUT2D eigenvalue weighted by Gasteiger charge is 2.18. The molecule has 6 heteroatoms. The lowest BCUT2D eigenvalue weighted by Crippen LogP contribution is -2.37. The molecule has 2 N–H and O–H groups in total. The number of nitrogens with one attached hydrogen (secondary N) is 1. The predicted molar refractivity (Wildman–Crippen MR) is 76.6 cm³/mol. The quantitative estimate of drug-likeness (QED) is 0.718. The molecular formula is C15H22FNO4. The zero-order valence-electron chi connectivity index (χ0n) is 12.6. The number of halogens is 1. The maximum Gasteiger partial charge on any atom is 0.260 e. The van der Waals surface area contributed by atoms with E-state index in [1.807, 2.05) is 0 Å². The summed E-state index contributed by atoms with van der Waals surface area (Å²) in [5.74, 6) is -0.612. The molecule has 0 aliphatic rings. The zero-order chi connectivity index (χ0) is 15.8.